The minimum atomic E-state index is -0.421. The van der Waals surface area contributed by atoms with Crippen LogP contribution in [0.4, 0.5) is 5.69 Å². The molecule has 4 heteroatoms. The second-order valence-corrected chi connectivity index (χ2v) is 12.6. The van der Waals surface area contributed by atoms with Gasteiger partial charge in [0.05, 0.1) is 12.8 Å². The van der Waals surface area contributed by atoms with Gasteiger partial charge in [-0.1, -0.05) is 109 Å². The van der Waals surface area contributed by atoms with E-state index in [0.29, 0.717) is 25.7 Å². The van der Waals surface area contributed by atoms with Crippen LogP contribution in [0.25, 0.3) is 10.8 Å². The maximum atomic E-state index is 14.6. The highest BCUT2D eigenvalue weighted by Gasteiger charge is 2.47. The number of methoxy groups -OCH3 is 1. The fourth-order valence-electron chi connectivity index (χ4n) is 7.95. The van der Waals surface area contributed by atoms with Crippen LogP contribution in [-0.4, -0.2) is 18.7 Å². The summed E-state index contributed by atoms with van der Waals surface area (Å²) in [6, 6.07) is 43.5. The van der Waals surface area contributed by atoms with Gasteiger partial charge in [-0.3, -0.25) is 9.59 Å². The largest absolute Gasteiger partial charge is 0.497 e. The number of rotatable bonds is 5. The average Bonchev–Trinajstić information content (AvgIpc) is 3.11. The number of Topliss-reactive ketones (excluding diaryl/α,β-unsaturated/α-hetero) is 2. The zero-order valence-corrected chi connectivity index (χ0v) is 25.9. The Morgan fingerprint density at radius 1 is 0.543 bits per heavy atom. The van der Waals surface area contributed by atoms with E-state index in [9.17, 15) is 9.59 Å². The smallest absolute Gasteiger partial charge is 0.162 e. The van der Waals surface area contributed by atoms with Crippen LogP contribution < -0.4 is 9.64 Å². The molecule has 3 aliphatic rings. The summed E-state index contributed by atoms with van der Waals surface area (Å²) in [4.78, 5) is 31.5. The van der Waals surface area contributed by atoms with Crippen molar-refractivity contribution < 1.29 is 14.3 Å². The number of ketones is 2. The number of hydrogen-bond acceptors (Lipinski definition) is 4. The number of nitrogens with zero attached hydrogens (tertiary/aromatic N) is 1. The molecule has 0 aromatic heterocycles. The molecule has 2 unspecified atom stereocenters. The van der Waals surface area contributed by atoms with Gasteiger partial charge in [0.2, 0.25) is 0 Å². The van der Waals surface area contributed by atoms with E-state index in [1.165, 1.54) is 11.1 Å². The summed E-state index contributed by atoms with van der Waals surface area (Å²) in [6.07, 6.45) is 2.26. The minimum Gasteiger partial charge on any atom is -0.497 e. The molecule has 0 saturated carbocycles. The third-order valence-corrected chi connectivity index (χ3v) is 10.1. The molecule has 2 aliphatic carbocycles. The number of benzene rings is 5. The van der Waals surface area contributed by atoms with Crippen molar-refractivity contribution in [3.63, 3.8) is 0 Å². The van der Waals surface area contributed by atoms with Crippen LogP contribution in [0.2, 0.25) is 0 Å². The van der Waals surface area contributed by atoms with Crippen molar-refractivity contribution in [1.29, 1.82) is 0 Å². The summed E-state index contributed by atoms with van der Waals surface area (Å²) < 4.78 is 5.49. The van der Waals surface area contributed by atoms with Crippen molar-refractivity contribution in [3.8, 4) is 5.75 Å². The molecular weight excluding hydrogens is 566 g/mol. The Labute approximate surface area is 269 Å². The molecule has 0 fully saturated rings. The Morgan fingerprint density at radius 3 is 1.63 bits per heavy atom. The van der Waals surface area contributed by atoms with Gasteiger partial charge in [0.15, 0.2) is 11.6 Å². The molecule has 1 heterocycles. The zero-order valence-electron chi connectivity index (χ0n) is 25.9. The highest BCUT2D eigenvalue weighted by molar-refractivity contribution is 6.09. The molecule has 226 valence electrons. The van der Waals surface area contributed by atoms with E-state index in [0.717, 1.165) is 50.3 Å². The normalized spacial score (nSPS) is 21.3. The van der Waals surface area contributed by atoms with Gasteiger partial charge >= 0.3 is 0 Å². The zero-order chi connectivity index (χ0) is 31.2. The Balaban J connectivity index is 1.39. The molecule has 5 aromatic carbocycles. The lowest BCUT2D eigenvalue weighted by Crippen LogP contribution is -2.41. The lowest BCUT2D eigenvalue weighted by molar-refractivity contribution is -0.117. The van der Waals surface area contributed by atoms with Crippen LogP contribution in [0.3, 0.4) is 0 Å². The first kappa shape index (κ1) is 28.3. The monoisotopic (exact) mass is 601 g/mol. The summed E-state index contributed by atoms with van der Waals surface area (Å²) in [5.74, 6) is 0.658. The van der Waals surface area contributed by atoms with Crippen molar-refractivity contribution in [3.05, 3.63) is 167 Å². The summed E-state index contributed by atoms with van der Waals surface area (Å²) in [5, 5.41) is 2.24. The Hall–Kier alpha value is -5.22. The number of fused-ring (bicyclic) bond motifs is 1. The van der Waals surface area contributed by atoms with Gasteiger partial charge in [-0.25, -0.2) is 0 Å². The van der Waals surface area contributed by atoms with E-state index < -0.39 is 5.92 Å². The first-order valence-electron chi connectivity index (χ1n) is 16.1. The van der Waals surface area contributed by atoms with Crippen molar-refractivity contribution in [2.75, 3.05) is 12.0 Å². The number of carbonyl (C=O) groups is 2. The lowest BCUT2D eigenvalue weighted by atomic mass is 9.66. The first-order chi connectivity index (χ1) is 22.6. The standard InChI is InChI=1S/C42H35NO3/c1-46-33-21-19-30(20-22-33)40-41-36(23-31(25-38(41)44)27-11-4-2-5-12-27)43(35-18-10-16-29-15-8-9-17-34(29)35)37-24-32(26-39(45)42(37)40)28-13-6-3-7-14-28/h2-22,31-32,40H,23-26H2,1H3. The predicted molar refractivity (Wildman–Crippen MR) is 183 cm³/mol. The van der Waals surface area contributed by atoms with Crippen molar-refractivity contribution >= 4 is 28.0 Å². The quantitative estimate of drug-likeness (QED) is 0.201. The number of hydrogen-bond donors (Lipinski definition) is 0. The first-order valence-corrected chi connectivity index (χ1v) is 16.1. The van der Waals surface area contributed by atoms with Crippen LogP contribution in [-0.2, 0) is 9.59 Å². The summed E-state index contributed by atoms with van der Waals surface area (Å²) in [7, 11) is 1.65. The molecule has 0 spiro atoms. The van der Waals surface area contributed by atoms with Crippen molar-refractivity contribution in [2.24, 2.45) is 0 Å². The van der Waals surface area contributed by atoms with E-state index in [4.69, 9.17) is 4.74 Å². The highest BCUT2D eigenvalue weighted by Crippen LogP contribution is 2.55. The van der Waals surface area contributed by atoms with Crippen LogP contribution in [0.15, 0.2) is 150 Å². The fraction of sp³-hybridized carbons (Fsp3) is 0.190. The maximum Gasteiger partial charge on any atom is 0.162 e. The summed E-state index contributed by atoms with van der Waals surface area (Å²) in [5.41, 5.74) is 7.87. The molecule has 8 rings (SSSR count). The van der Waals surface area contributed by atoms with Crippen LogP contribution in [0.1, 0.15) is 60.1 Å². The molecule has 0 radical (unpaired) electrons. The van der Waals surface area contributed by atoms with E-state index in [-0.39, 0.29) is 23.4 Å². The summed E-state index contributed by atoms with van der Waals surface area (Å²) in [6.45, 7) is 0. The molecule has 46 heavy (non-hydrogen) atoms. The van der Waals surface area contributed by atoms with Gasteiger partial charge in [-0.15, -0.1) is 0 Å². The minimum absolute atomic E-state index is 0.0489. The Bertz CT molecular complexity index is 1930. The summed E-state index contributed by atoms with van der Waals surface area (Å²) >= 11 is 0. The average molecular weight is 602 g/mol. The number of carbonyl (C=O) groups excluding carboxylic acids is 2. The van der Waals surface area contributed by atoms with Gasteiger partial charge in [-0.05, 0) is 65.0 Å². The molecule has 5 aromatic rings. The molecule has 0 bridgehead atoms. The van der Waals surface area contributed by atoms with Crippen molar-refractivity contribution in [1.82, 2.24) is 0 Å². The van der Waals surface area contributed by atoms with E-state index in [2.05, 4.69) is 95.9 Å². The van der Waals surface area contributed by atoms with E-state index in [1.807, 2.05) is 36.4 Å². The van der Waals surface area contributed by atoms with Crippen LogP contribution in [0, 0.1) is 0 Å². The third kappa shape index (κ3) is 4.76. The molecule has 0 N–H and O–H groups in total. The topological polar surface area (TPSA) is 46.6 Å². The predicted octanol–water partition coefficient (Wildman–Crippen LogP) is 9.25. The molecular formula is C42H35NO3. The van der Waals surface area contributed by atoms with Gasteiger partial charge in [0, 0.05) is 46.7 Å². The Morgan fingerprint density at radius 2 is 1.07 bits per heavy atom. The lowest BCUT2D eigenvalue weighted by Gasteiger charge is -2.46. The van der Waals surface area contributed by atoms with Crippen molar-refractivity contribution in [2.45, 2.75) is 43.4 Å². The SMILES string of the molecule is COc1ccc(C2C3=C(CC(c4ccccc4)CC3=O)N(c3cccc4ccccc34)C3=C2C(=O)CC(c2ccccc2)C3)cc1. The molecule has 0 amide bonds. The second kappa shape index (κ2) is 11.6. The van der Waals surface area contributed by atoms with Gasteiger partial charge in [-0.2, -0.15) is 0 Å². The molecule has 4 nitrogen and oxygen atoms in total. The fourth-order valence-corrected chi connectivity index (χ4v) is 7.95. The highest BCUT2D eigenvalue weighted by atomic mass is 16.5. The second-order valence-electron chi connectivity index (χ2n) is 12.6. The Kier molecular flexibility index (Phi) is 7.14. The third-order valence-electron chi connectivity index (χ3n) is 10.1. The molecule has 1 aliphatic heterocycles. The number of allylic oxidation sites excluding steroid dienone is 4. The number of anilines is 1. The van der Waals surface area contributed by atoms with Gasteiger partial charge in [0.25, 0.3) is 0 Å². The molecule has 0 saturated heterocycles. The van der Waals surface area contributed by atoms with Crippen LogP contribution in [0.5, 0.6) is 5.75 Å². The van der Waals surface area contributed by atoms with E-state index in [1.54, 1.807) is 7.11 Å². The van der Waals surface area contributed by atoms with Crippen LogP contribution >= 0.6 is 0 Å². The van der Waals surface area contributed by atoms with E-state index >= 15 is 0 Å². The van der Waals surface area contributed by atoms with Gasteiger partial charge in [0.1, 0.15) is 5.75 Å². The number of ether oxygens (including phenoxy) is 1. The molecule has 2 atom stereocenters. The maximum absolute atomic E-state index is 14.6. The van der Waals surface area contributed by atoms with Gasteiger partial charge < -0.3 is 9.64 Å².